The highest BCUT2D eigenvalue weighted by Gasteiger charge is 1.98. The predicted molar refractivity (Wildman–Crippen MR) is 108 cm³/mol. The molecule has 4 rings (SSSR count). The minimum absolute atomic E-state index is 0.277. The number of rotatable bonds is 3. The van der Waals surface area contributed by atoms with Gasteiger partial charge in [-0.1, -0.05) is 12.1 Å². The maximum atomic E-state index is 9.08. The quantitative estimate of drug-likeness (QED) is 0.547. The van der Waals surface area contributed by atoms with E-state index in [0.29, 0.717) is 0 Å². The molecule has 0 aliphatic carbocycles. The Labute approximate surface area is 158 Å². The molecule has 0 radical (unpaired) electrons. The number of hydrogen-bond acceptors (Lipinski definition) is 4. The summed E-state index contributed by atoms with van der Waals surface area (Å²) in [5, 5.41) is 9.08. The molecule has 0 aliphatic rings. The minimum atomic E-state index is 0.277. The standard InChI is InChI=1S/C12H11NO.C11H9NO/c1-14-11-7-5-10(6-8-11)12-4-2-3-9-13-12;13-10-6-4-9(5-7-10)11-3-1-2-8-12-11/h2-9H,1H3;1-8,13H. The molecular formula is C23H20N2O2. The highest BCUT2D eigenvalue weighted by atomic mass is 16.5. The van der Waals surface area contributed by atoms with Crippen molar-refractivity contribution in [2.24, 2.45) is 0 Å². The van der Waals surface area contributed by atoms with Crippen LogP contribution in [-0.4, -0.2) is 22.2 Å². The lowest BCUT2D eigenvalue weighted by atomic mass is 10.1. The number of pyridine rings is 2. The number of methoxy groups -OCH3 is 1. The van der Waals surface area contributed by atoms with Gasteiger partial charge < -0.3 is 9.84 Å². The van der Waals surface area contributed by atoms with E-state index in [1.807, 2.05) is 72.8 Å². The van der Waals surface area contributed by atoms with E-state index in [2.05, 4.69) is 9.97 Å². The topological polar surface area (TPSA) is 55.2 Å². The van der Waals surface area contributed by atoms with E-state index in [-0.39, 0.29) is 5.75 Å². The third kappa shape index (κ3) is 5.16. The van der Waals surface area contributed by atoms with Crippen LogP contribution < -0.4 is 4.74 Å². The second-order valence-electron chi connectivity index (χ2n) is 5.71. The summed E-state index contributed by atoms with van der Waals surface area (Å²) < 4.78 is 5.08. The van der Waals surface area contributed by atoms with Crippen LogP contribution in [0.1, 0.15) is 0 Å². The van der Waals surface area contributed by atoms with Gasteiger partial charge in [0.05, 0.1) is 18.5 Å². The lowest BCUT2D eigenvalue weighted by molar-refractivity contribution is 0.415. The largest absolute Gasteiger partial charge is 0.508 e. The summed E-state index contributed by atoms with van der Waals surface area (Å²) in [6.07, 6.45) is 3.54. The molecule has 0 fully saturated rings. The van der Waals surface area contributed by atoms with Gasteiger partial charge in [-0.15, -0.1) is 0 Å². The van der Waals surface area contributed by atoms with Crippen molar-refractivity contribution in [2.45, 2.75) is 0 Å². The van der Waals surface area contributed by atoms with E-state index in [1.165, 1.54) is 0 Å². The van der Waals surface area contributed by atoms with Gasteiger partial charge in [-0.2, -0.15) is 0 Å². The highest BCUT2D eigenvalue weighted by Crippen LogP contribution is 2.20. The number of aromatic hydroxyl groups is 1. The molecule has 27 heavy (non-hydrogen) atoms. The number of nitrogens with zero attached hydrogens (tertiary/aromatic N) is 2. The molecule has 0 amide bonds. The van der Waals surface area contributed by atoms with Crippen molar-refractivity contribution >= 4 is 0 Å². The van der Waals surface area contributed by atoms with Crippen molar-refractivity contribution in [1.29, 1.82) is 0 Å². The fraction of sp³-hybridized carbons (Fsp3) is 0.0435. The van der Waals surface area contributed by atoms with Crippen molar-refractivity contribution < 1.29 is 9.84 Å². The lowest BCUT2D eigenvalue weighted by Crippen LogP contribution is -1.84. The Morgan fingerprint density at radius 2 is 1.11 bits per heavy atom. The number of phenols is 1. The van der Waals surface area contributed by atoms with E-state index in [4.69, 9.17) is 9.84 Å². The molecule has 0 aliphatic heterocycles. The Balaban J connectivity index is 0.000000156. The first kappa shape index (κ1) is 18.1. The van der Waals surface area contributed by atoms with Crippen molar-refractivity contribution in [1.82, 2.24) is 9.97 Å². The molecule has 2 aromatic heterocycles. The lowest BCUT2D eigenvalue weighted by Gasteiger charge is -2.02. The Morgan fingerprint density at radius 3 is 1.52 bits per heavy atom. The van der Waals surface area contributed by atoms with Gasteiger partial charge in [0, 0.05) is 23.5 Å². The third-order valence-corrected chi connectivity index (χ3v) is 3.88. The van der Waals surface area contributed by atoms with Crippen LogP contribution in [0, 0.1) is 0 Å². The maximum absolute atomic E-state index is 9.08. The average Bonchev–Trinajstić information content (AvgIpc) is 2.76. The van der Waals surface area contributed by atoms with Crippen LogP contribution in [0.4, 0.5) is 0 Å². The van der Waals surface area contributed by atoms with Crippen molar-refractivity contribution in [2.75, 3.05) is 7.11 Å². The maximum Gasteiger partial charge on any atom is 0.118 e. The molecular weight excluding hydrogens is 336 g/mol. The number of phenolic OH excluding ortho intramolecular Hbond substituents is 1. The Kier molecular flexibility index (Phi) is 6.15. The number of hydrogen-bond donors (Lipinski definition) is 1. The van der Waals surface area contributed by atoms with Crippen LogP contribution in [0.25, 0.3) is 22.5 Å². The first-order valence-corrected chi connectivity index (χ1v) is 8.52. The molecule has 4 heteroatoms. The van der Waals surface area contributed by atoms with E-state index >= 15 is 0 Å². The van der Waals surface area contributed by atoms with Crippen LogP contribution in [-0.2, 0) is 0 Å². The molecule has 0 bridgehead atoms. The van der Waals surface area contributed by atoms with E-state index < -0.39 is 0 Å². The number of aromatic nitrogens is 2. The van der Waals surface area contributed by atoms with Crippen LogP contribution in [0.2, 0.25) is 0 Å². The summed E-state index contributed by atoms with van der Waals surface area (Å²) in [6, 6.07) is 26.5. The smallest absolute Gasteiger partial charge is 0.118 e. The van der Waals surface area contributed by atoms with Crippen LogP contribution in [0.5, 0.6) is 11.5 Å². The molecule has 1 N–H and O–H groups in total. The molecule has 4 aromatic rings. The zero-order chi connectivity index (χ0) is 18.9. The third-order valence-electron chi connectivity index (χ3n) is 3.88. The van der Waals surface area contributed by atoms with E-state index in [0.717, 1.165) is 28.3 Å². The second kappa shape index (κ2) is 9.15. The zero-order valence-electron chi connectivity index (χ0n) is 15.0. The molecule has 2 aromatic carbocycles. The summed E-state index contributed by atoms with van der Waals surface area (Å²) in [7, 11) is 1.66. The normalized spacial score (nSPS) is 9.81. The Morgan fingerprint density at radius 1 is 0.630 bits per heavy atom. The monoisotopic (exact) mass is 356 g/mol. The van der Waals surface area contributed by atoms with E-state index in [9.17, 15) is 0 Å². The van der Waals surface area contributed by atoms with Gasteiger partial charge in [0.2, 0.25) is 0 Å². The van der Waals surface area contributed by atoms with Crippen molar-refractivity contribution in [3.63, 3.8) is 0 Å². The van der Waals surface area contributed by atoms with Gasteiger partial charge in [0.1, 0.15) is 11.5 Å². The summed E-state index contributed by atoms with van der Waals surface area (Å²) in [5.74, 6) is 1.14. The Bertz CT molecular complexity index is 939. The van der Waals surface area contributed by atoms with Gasteiger partial charge in [-0.05, 0) is 72.8 Å². The van der Waals surface area contributed by atoms with Gasteiger partial charge in [0.15, 0.2) is 0 Å². The van der Waals surface area contributed by atoms with Crippen molar-refractivity contribution in [3.8, 4) is 34.0 Å². The summed E-state index contributed by atoms with van der Waals surface area (Å²) in [4.78, 5) is 8.46. The molecule has 0 unspecified atom stereocenters. The zero-order valence-corrected chi connectivity index (χ0v) is 15.0. The number of ether oxygens (including phenoxy) is 1. The molecule has 0 atom stereocenters. The average molecular weight is 356 g/mol. The van der Waals surface area contributed by atoms with E-state index in [1.54, 1.807) is 31.6 Å². The fourth-order valence-electron chi connectivity index (χ4n) is 2.46. The van der Waals surface area contributed by atoms with Crippen LogP contribution in [0.15, 0.2) is 97.3 Å². The van der Waals surface area contributed by atoms with Crippen LogP contribution >= 0.6 is 0 Å². The molecule has 134 valence electrons. The minimum Gasteiger partial charge on any atom is -0.508 e. The summed E-state index contributed by atoms with van der Waals surface area (Å²) in [6.45, 7) is 0. The Hall–Kier alpha value is -3.66. The number of benzene rings is 2. The highest BCUT2D eigenvalue weighted by molar-refractivity contribution is 5.60. The van der Waals surface area contributed by atoms with Gasteiger partial charge in [0.25, 0.3) is 0 Å². The summed E-state index contributed by atoms with van der Waals surface area (Å²) in [5.41, 5.74) is 4.02. The molecule has 2 heterocycles. The SMILES string of the molecule is COc1ccc(-c2ccccn2)cc1.Oc1ccc(-c2ccccn2)cc1. The molecule has 0 saturated heterocycles. The molecule has 0 spiro atoms. The van der Waals surface area contributed by atoms with Crippen LogP contribution in [0.3, 0.4) is 0 Å². The first-order valence-electron chi connectivity index (χ1n) is 8.52. The first-order chi connectivity index (χ1) is 13.3. The second-order valence-corrected chi connectivity index (χ2v) is 5.71. The summed E-state index contributed by atoms with van der Waals surface area (Å²) >= 11 is 0. The molecule has 4 nitrogen and oxygen atoms in total. The van der Waals surface area contributed by atoms with Gasteiger partial charge in [-0.25, -0.2) is 0 Å². The van der Waals surface area contributed by atoms with Gasteiger partial charge in [-0.3, -0.25) is 9.97 Å². The van der Waals surface area contributed by atoms with Gasteiger partial charge >= 0.3 is 0 Å². The van der Waals surface area contributed by atoms with Crippen molar-refractivity contribution in [3.05, 3.63) is 97.3 Å². The molecule has 0 saturated carbocycles. The predicted octanol–water partition coefficient (Wildman–Crippen LogP) is 5.21. The fourth-order valence-corrected chi connectivity index (χ4v) is 2.46.